The summed E-state index contributed by atoms with van der Waals surface area (Å²) in [5, 5.41) is 3.92. The number of hydrogen-bond donors (Lipinski definition) is 1. The maximum atomic E-state index is 13.2. The number of hydrogen-bond acceptors (Lipinski definition) is 8. The number of nitrogens with one attached hydrogen (secondary N) is 1. The highest BCUT2D eigenvalue weighted by atomic mass is 16.6. The first kappa shape index (κ1) is 27.5. The van der Waals surface area contributed by atoms with E-state index in [9.17, 15) is 14.4 Å². The van der Waals surface area contributed by atoms with E-state index in [0.29, 0.717) is 41.8 Å². The number of pyridine rings is 1. The van der Waals surface area contributed by atoms with Crippen LogP contribution in [0.4, 0.5) is 16.6 Å². The van der Waals surface area contributed by atoms with Crippen molar-refractivity contribution in [1.82, 2.24) is 29.3 Å². The predicted molar refractivity (Wildman–Crippen MR) is 151 cm³/mol. The molecule has 2 aliphatic rings. The highest BCUT2D eigenvalue weighted by Gasteiger charge is 2.48. The molecule has 2 bridgehead atoms. The van der Waals surface area contributed by atoms with Gasteiger partial charge in [0.15, 0.2) is 5.78 Å². The third-order valence-electron chi connectivity index (χ3n) is 7.46. The van der Waals surface area contributed by atoms with Crippen molar-refractivity contribution in [3.63, 3.8) is 0 Å². The molecule has 5 rings (SSSR count). The molecule has 212 valence electrons. The van der Waals surface area contributed by atoms with Gasteiger partial charge in [-0.3, -0.25) is 9.59 Å². The molecule has 0 radical (unpaired) electrons. The summed E-state index contributed by atoms with van der Waals surface area (Å²) >= 11 is 0. The Labute approximate surface area is 233 Å². The van der Waals surface area contributed by atoms with Gasteiger partial charge in [-0.2, -0.15) is 4.98 Å². The lowest BCUT2D eigenvalue weighted by Gasteiger charge is -2.35. The molecular weight excluding hydrogens is 510 g/mol. The molecule has 2 fully saturated rings. The quantitative estimate of drug-likeness (QED) is 0.412. The number of anilines is 2. The average molecular weight is 548 g/mol. The number of ketones is 1. The Morgan fingerprint density at radius 1 is 1.10 bits per heavy atom. The molecule has 11 heteroatoms. The standard InChI is InChI=1S/C29H37N7O4/c1-7-8-17(2)36-23(18(3)37)11-20-14-31-27(33-25(20)36)32-24-10-9-19(13-30-24)26(38)34-15-22-12-21(34)16-35(22)28(39)40-29(4,5)6/h9-11,13-14,17,21-22H,7-8,12,15-16H2,1-6H3,(H,30,31,32,33). The molecule has 5 heterocycles. The Hall–Kier alpha value is -4.02. The molecule has 0 aromatic carbocycles. The number of piperazine rings is 1. The van der Waals surface area contributed by atoms with Gasteiger partial charge in [0.2, 0.25) is 5.95 Å². The molecule has 2 saturated heterocycles. The summed E-state index contributed by atoms with van der Waals surface area (Å²) in [4.78, 5) is 55.2. The zero-order valence-electron chi connectivity index (χ0n) is 24.0. The summed E-state index contributed by atoms with van der Waals surface area (Å²) in [5.74, 6) is 0.742. The van der Waals surface area contributed by atoms with Crippen LogP contribution in [0.1, 0.15) is 87.7 Å². The fourth-order valence-corrected chi connectivity index (χ4v) is 5.67. The molecule has 0 spiro atoms. The first-order valence-electron chi connectivity index (χ1n) is 13.9. The van der Waals surface area contributed by atoms with Crippen LogP contribution in [0.15, 0.2) is 30.6 Å². The molecule has 11 nitrogen and oxygen atoms in total. The summed E-state index contributed by atoms with van der Waals surface area (Å²) in [6.07, 6.45) is 5.58. The Kier molecular flexibility index (Phi) is 7.24. The minimum Gasteiger partial charge on any atom is -0.444 e. The minimum absolute atomic E-state index is 0.0128. The predicted octanol–water partition coefficient (Wildman–Crippen LogP) is 4.97. The topological polar surface area (TPSA) is 123 Å². The molecule has 3 aromatic rings. The van der Waals surface area contributed by atoms with Gasteiger partial charge >= 0.3 is 6.09 Å². The Bertz CT molecular complexity index is 1440. The number of Topliss-reactive ketones (excluding diaryl/α,β-unsaturated/α-hetero) is 1. The summed E-state index contributed by atoms with van der Waals surface area (Å²) in [6.45, 7) is 12.3. The van der Waals surface area contributed by atoms with Crippen LogP contribution < -0.4 is 5.32 Å². The van der Waals surface area contributed by atoms with Crippen molar-refractivity contribution in [3.8, 4) is 0 Å². The van der Waals surface area contributed by atoms with Crippen LogP contribution in [-0.2, 0) is 4.74 Å². The van der Waals surface area contributed by atoms with Gasteiger partial charge in [0, 0.05) is 43.8 Å². The second-order valence-corrected chi connectivity index (χ2v) is 11.8. The number of ether oxygens (including phenoxy) is 1. The summed E-state index contributed by atoms with van der Waals surface area (Å²) in [7, 11) is 0. The lowest BCUT2D eigenvalue weighted by molar-refractivity contribution is 0.0126. The van der Waals surface area contributed by atoms with Crippen molar-refractivity contribution in [2.75, 3.05) is 18.4 Å². The molecule has 1 N–H and O–H groups in total. The fourth-order valence-electron chi connectivity index (χ4n) is 5.67. The van der Waals surface area contributed by atoms with Gasteiger partial charge < -0.3 is 24.4 Å². The third-order valence-corrected chi connectivity index (χ3v) is 7.46. The number of nitrogens with zero attached hydrogens (tertiary/aromatic N) is 6. The van der Waals surface area contributed by atoms with E-state index in [1.165, 1.54) is 0 Å². The zero-order chi connectivity index (χ0) is 28.8. The van der Waals surface area contributed by atoms with E-state index in [1.54, 1.807) is 36.4 Å². The van der Waals surface area contributed by atoms with Gasteiger partial charge in [-0.15, -0.1) is 0 Å². The molecule has 40 heavy (non-hydrogen) atoms. The molecule has 3 atom stereocenters. The monoisotopic (exact) mass is 547 g/mol. The van der Waals surface area contributed by atoms with Crippen LogP contribution in [0.2, 0.25) is 0 Å². The fraction of sp³-hybridized carbons (Fsp3) is 0.517. The lowest BCUT2D eigenvalue weighted by Crippen LogP contribution is -2.51. The summed E-state index contributed by atoms with van der Waals surface area (Å²) < 4.78 is 7.50. The van der Waals surface area contributed by atoms with Crippen molar-refractivity contribution in [2.45, 2.75) is 84.5 Å². The van der Waals surface area contributed by atoms with Crippen molar-refractivity contribution < 1.29 is 19.1 Å². The van der Waals surface area contributed by atoms with Crippen LogP contribution >= 0.6 is 0 Å². The highest BCUT2D eigenvalue weighted by molar-refractivity contribution is 5.98. The normalized spacial score (nSPS) is 19.2. The Morgan fingerprint density at radius 2 is 1.82 bits per heavy atom. The number of amides is 2. The van der Waals surface area contributed by atoms with Gasteiger partial charge in [-0.25, -0.2) is 14.8 Å². The maximum absolute atomic E-state index is 13.2. The second kappa shape index (κ2) is 10.5. The molecule has 0 aliphatic carbocycles. The van der Waals surface area contributed by atoms with Gasteiger partial charge in [-0.05, 0) is 58.7 Å². The van der Waals surface area contributed by atoms with Crippen molar-refractivity contribution >= 4 is 40.6 Å². The summed E-state index contributed by atoms with van der Waals surface area (Å²) in [5.41, 5.74) is 1.24. The van der Waals surface area contributed by atoms with E-state index in [2.05, 4.69) is 29.1 Å². The van der Waals surface area contributed by atoms with E-state index >= 15 is 0 Å². The van der Waals surface area contributed by atoms with Crippen LogP contribution in [0, 0.1) is 0 Å². The van der Waals surface area contributed by atoms with Gasteiger partial charge in [0.1, 0.15) is 17.1 Å². The van der Waals surface area contributed by atoms with Gasteiger partial charge in [-0.1, -0.05) is 13.3 Å². The number of fused-ring (bicyclic) bond motifs is 3. The highest BCUT2D eigenvalue weighted by Crippen LogP contribution is 2.33. The molecule has 0 saturated carbocycles. The largest absolute Gasteiger partial charge is 0.444 e. The van der Waals surface area contributed by atoms with Crippen molar-refractivity contribution in [3.05, 3.63) is 41.9 Å². The molecule has 2 aliphatic heterocycles. The van der Waals surface area contributed by atoms with Crippen LogP contribution in [0.25, 0.3) is 11.0 Å². The van der Waals surface area contributed by atoms with E-state index in [-0.39, 0.29) is 35.9 Å². The number of rotatable bonds is 7. The van der Waals surface area contributed by atoms with Crippen molar-refractivity contribution in [2.24, 2.45) is 0 Å². The number of likely N-dealkylation sites (tertiary alicyclic amines) is 2. The maximum Gasteiger partial charge on any atom is 0.410 e. The molecule has 2 amide bonds. The van der Waals surface area contributed by atoms with Gasteiger partial charge in [0.25, 0.3) is 5.91 Å². The SMILES string of the molecule is CCCC(C)n1c(C(C)=O)cc2cnc(Nc3ccc(C(=O)N4CC5CC4CN5C(=O)OC(C)(C)C)cn3)nc21. The Morgan fingerprint density at radius 3 is 2.42 bits per heavy atom. The number of aromatic nitrogens is 4. The van der Waals surface area contributed by atoms with E-state index in [4.69, 9.17) is 9.72 Å². The molecular formula is C29H37N7O4. The minimum atomic E-state index is -0.554. The molecule has 3 aromatic heterocycles. The number of carbonyl (C=O) groups excluding carboxylic acids is 3. The smallest absolute Gasteiger partial charge is 0.410 e. The van der Waals surface area contributed by atoms with Gasteiger partial charge in [0.05, 0.1) is 23.3 Å². The first-order chi connectivity index (χ1) is 18.9. The molecule has 3 unspecified atom stereocenters. The van der Waals surface area contributed by atoms with Crippen LogP contribution in [-0.4, -0.2) is 77.9 Å². The zero-order valence-corrected chi connectivity index (χ0v) is 24.0. The van der Waals surface area contributed by atoms with Crippen LogP contribution in [0.5, 0.6) is 0 Å². The third kappa shape index (κ3) is 5.37. The van der Waals surface area contributed by atoms with E-state index < -0.39 is 5.60 Å². The average Bonchev–Trinajstić information content (AvgIpc) is 3.60. The Balaban J connectivity index is 1.27. The van der Waals surface area contributed by atoms with E-state index in [0.717, 1.165) is 24.6 Å². The lowest BCUT2D eigenvalue weighted by atomic mass is 10.2. The van der Waals surface area contributed by atoms with E-state index in [1.807, 2.05) is 36.3 Å². The van der Waals surface area contributed by atoms with Crippen molar-refractivity contribution in [1.29, 1.82) is 0 Å². The summed E-state index contributed by atoms with van der Waals surface area (Å²) in [6, 6.07) is 5.34. The van der Waals surface area contributed by atoms with Crippen LogP contribution in [0.3, 0.4) is 0 Å². The second-order valence-electron chi connectivity index (χ2n) is 11.8. The first-order valence-corrected chi connectivity index (χ1v) is 13.9. The number of carbonyl (C=O) groups is 3.